The summed E-state index contributed by atoms with van der Waals surface area (Å²) in [5.74, 6) is 0. The quantitative estimate of drug-likeness (QED) is 0.887. The van der Waals surface area contributed by atoms with Crippen molar-refractivity contribution in [3.05, 3.63) is 24.5 Å². The van der Waals surface area contributed by atoms with Crippen molar-refractivity contribution >= 4 is 30.9 Å². The number of aromatic nitrogens is 2. The van der Waals surface area contributed by atoms with E-state index in [-0.39, 0.29) is 11.4 Å². The molecule has 0 bridgehead atoms. The maximum atomic E-state index is 12.8. The van der Waals surface area contributed by atoms with Crippen molar-refractivity contribution in [3.8, 4) is 0 Å². The Kier molecular flexibility index (Phi) is 3.74. The number of piperidine rings is 1. The van der Waals surface area contributed by atoms with Gasteiger partial charge in [0.25, 0.3) is 0 Å². The van der Waals surface area contributed by atoms with Gasteiger partial charge in [-0.2, -0.15) is 4.31 Å². The van der Waals surface area contributed by atoms with Gasteiger partial charge in [-0.25, -0.2) is 21.8 Å². The predicted octanol–water partition coefficient (Wildman–Crippen LogP) is 0.761. The molecule has 0 spiro atoms. The molecule has 2 aromatic rings. The molecule has 9 heteroatoms. The minimum Gasteiger partial charge on any atom is -0.345 e. The number of pyridine rings is 1. The number of hydrogen-bond donors (Lipinski definition) is 1. The van der Waals surface area contributed by atoms with Crippen molar-refractivity contribution in [1.82, 2.24) is 14.3 Å². The van der Waals surface area contributed by atoms with Crippen LogP contribution in [0, 0.1) is 0 Å². The summed E-state index contributed by atoms with van der Waals surface area (Å²) in [4.78, 5) is 7.06. The summed E-state index contributed by atoms with van der Waals surface area (Å²) in [6, 6.07) is 3.36. The van der Waals surface area contributed by atoms with E-state index >= 15 is 0 Å². The van der Waals surface area contributed by atoms with E-state index < -0.39 is 25.1 Å². The topological polar surface area (TPSA) is 100 Å². The van der Waals surface area contributed by atoms with Gasteiger partial charge >= 0.3 is 0 Å². The van der Waals surface area contributed by atoms with E-state index in [0.29, 0.717) is 30.4 Å². The molecule has 0 aromatic carbocycles. The second-order valence-corrected chi connectivity index (χ2v) is 9.74. The van der Waals surface area contributed by atoms with Gasteiger partial charge in [-0.15, -0.1) is 0 Å². The molecule has 1 atom stereocenters. The fourth-order valence-corrected chi connectivity index (χ4v) is 5.57. The number of H-pyrrole nitrogens is 1. The van der Waals surface area contributed by atoms with Crippen LogP contribution in [0.1, 0.15) is 12.8 Å². The summed E-state index contributed by atoms with van der Waals surface area (Å²) in [5.41, 5.74) is 0.498. The minimum atomic E-state index is -3.74. The smallest absolute Gasteiger partial charge is 0.245 e. The first-order valence-corrected chi connectivity index (χ1v) is 10.3. The van der Waals surface area contributed by atoms with Crippen LogP contribution < -0.4 is 0 Å². The normalized spacial score (nSPS) is 21.2. The zero-order valence-electron chi connectivity index (χ0n) is 12.1. The lowest BCUT2D eigenvalue weighted by atomic mass is 10.2. The van der Waals surface area contributed by atoms with Crippen molar-refractivity contribution < 1.29 is 16.8 Å². The number of nitrogens with one attached hydrogen (secondary N) is 1. The van der Waals surface area contributed by atoms with Crippen LogP contribution in [0.3, 0.4) is 0 Å². The molecular formula is C13H17N3O4S2. The molecule has 0 radical (unpaired) electrons. The summed E-state index contributed by atoms with van der Waals surface area (Å²) in [6.07, 6.45) is 5.19. The van der Waals surface area contributed by atoms with Gasteiger partial charge in [0, 0.05) is 37.1 Å². The van der Waals surface area contributed by atoms with Crippen LogP contribution >= 0.6 is 0 Å². The molecule has 1 N–H and O–H groups in total. The summed E-state index contributed by atoms with van der Waals surface area (Å²) in [6.45, 7) is 0.343. The third-order valence-corrected chi connectivity index (χ3v) is 7.48. The predicted molar refractivity (Wildman–Crippen MR) is 82.7 cm³/mol. The zero-order chi connectivity index (χ0) is 16.0. The van der Waals surface area contributed by atoms with E-state index in [1.807, 2.05) is 0 Å². The highest BCUT2D eigenvalue weighted by Crippen LogP contribution is 2.27. The molecule has 3 heterocycles. The molecule has 1 aliphatic heterocycles. The van der Waals surface area contributed by atoms with E-state index in [2.05, 4.69) is 9.97 Å². The van der Waals surface area contributed by atoms with Gasteiger partial charge in [-0.3, -0.25) is 0 Å². The fourth-order valence-electron chi connectivity index (χ4n) is 2.76. The van der Waals surface area contributed by atoms with Crippen LogP contribution in [-0.2, 0) is 19.9 Å². The largest absolute Gasteiger partial charge is 0.345 e. The van der Waals surface area contributed by atoms with Crippen LogP contribution in [0.2, 0.25) is 0 Å². The number of sulfonamides is 1. The van der Waals surface area contributed by atoms with Crippen molar-refractivity contribution in [2.75, 3.05) is 19.3 Å². The number of sulfone groups is 1. The van der Waals surface area contributed by atoms with Gasteiger partial charge in [0.2, 0.25) is 10.0 Å². The molecule has 0 aliphatic carbocycles. The van der Waals surface area contributed by atoms with Crippen molar-refractivity contribution in [1.29, 1.82) is 0 Å². The van der Waals surface area contributed by atoms with Crippen LogP contribution in [0.4, 0.5) is 0 Å². The summed E-state index contributed by atoms with van der Waals surface area (Å²) < 4.78 is 50.3. The Morgan fingerprint density at radius 2 is 2.09 bits per heavy atom. The van der Waals surface area contributed by atoms with Gasteiger partial charge in [-0.1, -0.05) is 0 Å². The van der Waals surface area contributed by atoms with E-state index in [1.165, 1.54) is 10.5 Å². The number of rotatable bonds is 3. The molecule has 7 nitrogen and oxygen atoms in total. The first-order valence-electron chi connectivity index (χ1n) is 6.91. The Morgan fingerprint density at radius 3 is 2.82 bits per heavy atom. The SMILES string of the molecule is CS(=O)(=O)C1CCCN(S(=O)(=O)c2c[nH]c3ncccc23)C1. The van der Waals surface area contributed by atoms with Gasteiger partial charge in [-0.05, 0) is 25.0 Å². The summed E-state index contributed by atoms with van der Waals surface area (Å²) in [5, 5.41) is -0.122. The van der Waals surface area contributed by atoms with Crippen molar-refractivity contribution in [3.63, 3.8) is 0 Å². The average molecular weight is 343 g/mol. The Balaban J connectivity index is 1.99. The third kappa shape index (κ3) is 2.64. The Labute approximate surface area is 129 Å². The fraction of sp³-hybridized carbons (Fsp3) is 0.462. The van der Waals surface area contributed by atoms with Crippen LogP contribution in [-0.4, -0.2) is 55.7 Å². The lowest BCUT2D eigenvalue weighted by Gasteiger charge is -2.30. The number of aromatic amines is 1. The lowest BCUT2D eigenvalue weighted by molar-refractivity contribution is 0.347. The highest BCUT2D eigenvalue weighted by atomic mass is 32.2. The molecular weight excluding hydrogens is 326 g/mol. The van der Waals surface area contributed by atoms with Crippen LogP contribution in [0.15, 0.2) is 29.4 Å². The molecule has 3 rings (SSSR count). The third-order valence-electron chi connectivity index (χ3n) is 3.98. The van der Waals surface area contributed by atoms with Gasteiger partial charge in [0.15, 0.2) is 9.84 Å². The van der Waals surface area contributed by atoms with Gasteiger partial charge < -0.3 is 4.98 Å². The molecule has 0 amide bonds. The lowest BCUT2D eigenvalue weighted by Crippen LogP contribution is -2.44. The van der Waals surface area contributed by atoms with E-state index in [0.717, 1.165) is 6.26 Å². The van der Waals surface area contributed by atoms with Crippen LogP contribution in [0.25, 0.3) is 11.0 Å². The number of fused-ring (bicyclic) bond motifs is 1. The van der Waals surface area contributed by atoms with Crippen molar-refractivity contribution in [2.24, 2.45) is 0 Å². The Hall–Kier alpha value is -1.45. The van der Waals surface area contributed by atoms with E-state index in [9.17, 15) is 16.8 Å². The second kappa shape index (κ2) is 5.32. The van der Waals surface area contributed by atoms with Crippen LogP contribution in [0.5, 0.6) is 0 Å². The summed E-state index contributed by atoms with van der Waals surface area (Å²) in [7, 11) is -7.00. The minimum absolute atomic E-state index is 0.00804. The molecule has 0 saturated carbocycles. The molecule has 1 aliphatic rings. The first kappa shape index (κ1) is 15.4. The highest BCUT2D eigenvalue weighted by molar-refractivity contribution is 7.91. The highest BCUT2D eigenvalue weighted by Gasteiger charge is 2.35. The first-order chi connectivity index (χ1) is 10.3. The molecule has 1 saturated heterocycles. The standard InChI is InChI=1S/C13H17N3O4S2/c1-21(17,18)10-4-3-7-16(9-10)22(19,20)12-8-15-13-11(12)5-2-6-14-13/h2,5-6,8,10H,3-4,7,9H2,1H3,(H,14,15). The monoisotopic (exact) mass is 343 g/mol. The van der Waals surface area contributed by atoms with E-state index in [4.69, 9.17) is 0 Å². The molecule has 1 fully saturated rings. The second-order valence-electron chi connectivity index (χ2n) is 5.51. The van der Waals surface area contributed by atoms with Gasteiger partial charge in [0.1, 0.15) is 10.5 Å². The Morgan fingerprint density at radius 1 is 1.32 bits per heavy atom. The molecule has 22 heavy (non-hydrogen) atoms. The summed E-state index contributed by atoms with van der Waals surface area (Å²) >= 11 is 0. The molecule has 2 aromatic heterocycles. The number of nitrogens with zero attached hydrogens (tertiary/aromatic N) is 2. The van der Waals surface area contributed by atoms with Crippen molar-refractivity contribution in [2.45, 2.75) is 23.0 Å². The maximum absolute atomic E-state index is 12.8. The average Bonchev–Trinajstić information content (AvgIpc) is 2.91. The van der Waals surface area contributed by atoms with Gasteiger partial charge in [0.05, 0.1) is 5.25 Å². The maximum Gasteiger partial charge on any atom is 0.245 e. The molecule has 1 unspecified atom stereocenters. The van der Waals surface area contributed by atoms with E-state index in [1.54, 1.807) is 18.3 Å². The Bertz CT molecular complexity index is 902. The number of hydrogen-bond acceptors (Lipinski definition) is 5. The molecule has 120 valence electrons. The zero-order valence-corrected chi connectivity index (χ0v) is 13.7.